The van der Waals surface area contributed by atoms with Crippen molar-refractivity contribution in [3.63, 3.8) is 0 Å². The van der Waals surface area contributed by atoms with Gasteiger partial charge in [0.05, 0.1) is 5.41 Å². The van der Waals surface area contributed by atoms with E-state index in [1.165, 1.54) is 0 Å². The maximum absolute atomic E-state index is 12.4. The van der Waals surface area contributed by atoms with Crippen molar-refractivity contribution in [2.75, 3.05) is 6.54 Å². The second kappa shape index (κ2) is 5.49. The van der Waals surface area contributed by atoms with Crippen LogP contribution in [0.15, 0.2) is 24.4 Å². The molecule has 0 bridgehead atoms. The first-order valence-corrected chi connectivity index (χ1v) is 7.25. The van der Waals surface area contributed by atoms with E-state index in [1.807, 2.05) is 38.2 Å². The first-order chi connectivity index (χ1) is 9.32. The Balaban J connectivity index is 2.33. The summed E-state index contributed by atoms with van der Waals surface area (Å²) in [6, 6.07) is 5.69. The molecule has 1 aromatic carbocycles. The summed E-state index contributed by atoms with van der Waals surface area (Å²) in [6.07, 6.45) is 1.90. The molecule has 2 rings (SSSR count). The Morgan fingerprint density at radius 3 is 2.75 bits per heavy atom. The van der Waals surface area contributed by atoms with Crippen molar-refractivity contribution in [3.05, 3.63) is 35.0 Å². The van der Waals surface area contributed by atoms with Gasteiger partial charge >= 0.3 is 0 Å². The highest BCUT2D eigenvalue weighted by atomic mass is 35.5. The number of amides is 1. The van der Waals surface area contributed by atoms with Crippen LogP contribution in [0.25, 0.3) is 10.9 Å². The highest BCUT2D eigenvalue weighted by Crippen LogP contribution is 2.31. The second-order valence-corrected chi connectivity index (χ2v) is 6.56. The number of carbonyl (C=O) groups excluding carboxylic acids is 1. The lowest BCUT2D eigenvalue weighted by molar-refractivity contribution is -0.125. The molecule has 0 fully saturated rings. The van der Waals surface area contributed by atoms with Gasteiger partial charge in [-0.2, -0.15) is 0 Å². The number of carbonyl (C=O) groups is 1. The van der Waals surface area contributed by atoms with Gasteiger partial charge in [0.25, 0.3) is 0 Å². The number of aromatic amines is 1. The molecule has 4 heteroatoms. The zero-order chi connectivity index (χ0) is 14.9. The van der Waals surface area contributed by atoms with Gasteiger partial charge in [0.2, 0.25) is 5.91 Å². The molecule has 0 saturated carbocycles. The monoisotopic (exact) mass is 292 g/mol. The number of rotatable bonds is 4. The van der Waals surface area contributed by atoms with Crippen LogP contribution in [-0.4, -0.2) is 17.4 Å². The van der Waals surface area contributed by atoms with Crippen LogP contribution in [0.5, 0.6) is 0 Å². The van der Waals surface area contributed by atoms with Crippen LogP contribution in [0.2, 0.25) is 5.02 Å². The van der Waals surface area contributed by atoms with Crippen molar-refractivity contribution in [1.82, 2.24) is 10.3 Å². The Morgan fingerprint density at radius 1 is 1.40 bits per heavy atom. The number of benzene rings is 1. The molecule has 1 heterocycles. The Bertz CT molecular complexity index is 628. The van der Waals surface area contributed by atoms with Gasteiger partial charge in [0, 0.05) is 28.7 Å². The van der Waals surface area contributed by atoms with Crippen molar-refractivity contribution >= 4 is 28.4 Å². The summed E-state index contributed by atoms with van der Waals surface area (Å²) in [5.41, 5.74) is 1.36. The van der Waals surface area contributed by atoms with Crippen molar-refractivity contribution in [3.8, 4) is 0 Å². The molecule has 0 spiro atoms. The van der Waals surface area contributed by atoms with Crippen LogP contribution in [0, 0.1) is 5.92 Å². The van der Waals surface area contributed by atoms with Gasteiger partial charge in [-0.15, -0.1) is 0 Å². The maximum Gasteiger partial charge on any atom is 0.230 e. The molecule has 2 aromatic rings. The minimum absolute atomic E-state index is 0.0436. The van der Waals surface area contributed by atoms with E-state index in [4.69, 9.17) is 11.6 Å². The van der Waals surface area contributed by atoms with E-state index in [-0.39, 0.29) is 5.91 Å². The van der Waals surface area contributed by atoms with E-state index in [1.54, 1.807) is 0 Å². The van der Waals surface area contributed by atoms with Gasteiger partial charge in [-0.3, -0.25) is 4.79 Å². The Labute approximate surface area is 124 Å². The molecule has 0 aliphatic carbocycles. The van der Waals surface area contributed by atoms with E-state index in [0.717, 1.165) is 16.5 Å². The maximum atomic E-state index is 12.4. The molecule has 0 radical (unpaired) electrons. The third kappa shape index (κ3) is 2.83. The van der Waals surface area contributed by atoms with Crippen molar-refractivity contribution in [2.45, 2.75) is 33.1 Å². The number of fused-ring (bicyclic) bond motifs is 1. The summed E-state index contributed by atoms with van der Waals surface area (Å²) < 4.78 is 0. The van der Waals surface area contributed by atoms with Crippen LogP contribution in [0.1, 0.15) is 33.3 Å². The first kappa shape index (κ1) is 14.9. The van der Waals surface area contributed by atoms with Crippen molar-refractivity contribution < 1.29 is 4.79 Å². The number of hydrogen-bond donors (Lipinski definition) is 2. The minimum atomic E-state index is -0.582. The fraction of sp³-hybridized carbons (Fsp3) is 0.438. The highest BCUT2D eigenvalue weighted by Gasteiger charge is 2.32. The first-order valence-electron chi connectivity index (χ1n) is 6.87. The summed E-state index contributed by atoms with van der Waals surface area (Å²) in [7, 11) is 0. The Morgan fingerprint density at radius 2 is 2.10 bits per heavy atom. The predicted octanol–water partition coefficient (Wildman–Crippen LogP) is 3.87. The van der Waals surface area contributed by atoms with Gasteiger partial charge < -0.3 is 10.3 Å². The lowest BCUT2D eigenvalue weighted by Crippen LogP contribution is -2.41. The lowest BCUT2D eigenvalue weighted by atomic mass is 9.83. The van der Waals surface area contributed by atoms with E-state index >= 15 is 0 Å². The molecule has 20 heavy (non-hydrogen) atoms. The molecule has 108 valence electrons. The molecule has 0 saturated heterocycles. The van der Waals surface area contributed by atoms with Gasteiger partial charge in [-0.1, -0.05) is 31.5 Å². The summed E-state index contributed by atoms with van der Waals surface area (Å²) >= 11 is 5.99. The Hall–Kier alpha value is -1.48. The highest BCUT2D eigenvalue weighted by molar-refractivity contribution is 6.31. The predicted molar refractivity (Wildman–Crippen MR) is 84.2 cm³/mol. The molecule has 0 unspecified atom stereocenters. The topological polar surface area (TPSA) is 44.9 Å². The molecule has 0 atom stereocenters. The number of halogens is 1. The summed E-state index contributed by atoms with van der Waals surface area (Å²) in [6.45, 7) is 8.75. The van der Waals surface area contributed by atoms with Crippen LogP contribution >= 0.6 is 11.6 Å². The van der Waals surface area contributed by atoms with Crippen LogP contribution < -0.4 is 5.32 Å². The average Bonchev–Trinajstić information content (AvgIpc) is 2.79. The van der Waals surface area contributed by atoms with Crippen LogP contribution in [0.3, 0.4) is 0 Å². The van der Waals surface area contributed by atoms with Gasteiger partial charge in [-0.25, -0.2) is 0 Å². The SMILES string of the molecule is CC(C)CNC(=O)C(C)(C)c1c[nH]c2cc(Cl)ccc12. The Kier molecular flexibility index (Phi) is 4.09. The normalized spacial score (nSPS) is 12.1. The van der Waals surface area contributed by atoms with E-state index in [9.17, 15) is 4.79 Å². The second-order valence-electron chi connectivity index (χ2n) is 6.12. The molecule has 2 N–H and O–H groups in total. The van der Waals surface area contributed by atoms with Crippen molar-refractivity contribution in [1.29, 1.82) is 0 Å². The van der Waals surface area contributed by atoms with Crippen LogP contribution in [-0.2, 0) is 10.2 Å². The molecule has 0 aliphatic rings. The zero-order valence-corrected chi connectivity index (χ0v) is 13.1. The van der Waals surface area contributed by atoms with E-state index in [0.29, 0.717) is 17.5 Å². The smallest absolute Gasteiger partial charge is 0.230 e. The number of H-pyrrole nitrogens is 1. The summed E-state index contributed by atoms with van der Waals surface area (Å²) in [5, 5.41) is 4.74. The number of aromatic nitrogens is 1. The molecule has 1 aromatic heterocycles. The van der Waals surface area contributed by atoms with E-state index in [2.05, 4.69) is 24.1 Å². The van der Waals surface area contributed by atoms with Crippen molar-refractivity contribution in [2.24, 2.45) is 5.92 Å². The largest absolute Gasteiger partial charge is 0.361 e. The third-order valence-corrected chi connectivity index (χ3v) is 3.79. The minimum Gasteiger partial charge on any atom is -0.361 e. The molecule has 0 aliphatic heterocycles. The standard InChI is InChI=1S/C16H21ClN2O/c1-10(2)8-19-15(20)16(3,4)13-9-18-14-7-11(17)5-6-12(13)14/h5-7,9-10,18H,8H2,1-4H3,(H,19,20). The van der Waals surface area contributed by atoms with Gasteiger partial charge in [-0.05, 0) is 37.5 Å². The molecular formula is C16H21ClN2O. The third-order valence-electron chi connectivity index (χ3n) is 3.56. The fourth-order valence-corrected chi connectivity index (χ4v) is 2.43. The molecule has 1 amide bonds. The number of nitrogens with one attached hydrogen (secondary N) is 2. The fourth-order valence-electron chi connectivity index (χ4n) is 2.26. The number of hydrogen-bond acceptors (Lipinski definition) is 1. The molecule has 3 nitrogen and oxygen atoms in total. The quantitative estimate of drug-likeness (QED) is 0.883. The average molecular weight is 293 g/mol. The van der Waals surface area contributed by atoms with E-state index < -0.39 is 5.41 Å². The summed E-state index contributed by atoms with van der Waals surface area (Å²) in [5.74, 6) is 0.485. The van der Waals surface area contributed by atoms with Crippen LogP contribution in [0.4, 0.5) is 0 Å². The zero-order valence-electron chi connectivity index (χ0n) is 12.4. The molecular weight excluding hydrogens is 272 g/mol. The van der Waals surface area contributed by atoms with Gasteiger partial charge in [0.1, 0.15) is 0 Å². The lowest BCUT2D eigenvalue weighted by Gasteiger charge is -2.24. The van der Waals surface area contributed by atoms with Gasteiger partial charge in [0.15, 0.2) is 0 Å². The summed E-state index contributed by atoms with van der Waals surface area (Å²) in [4.78, 5) is 15.6.